The number of aromatic nitrogens is 4. The summed E-state index contributed by atoms with van der Waals surface area (Å²) in [6.07, 6.45) is 8.02. The van der Waals surface area contributed by atoms with Crippen molar-refractivity contribution in [1.29, 1.82) is 0 Å². The lowest BCUT2D eigenvalue weighted by Gasteiger charge is -2.41. The molecule has 2 atom stereocenters. The molecule has 0 spiro atoms. The van der Waals surface area contributed by atoms with Crippen LogP contribution >= 0.6 is 0 Å². The van der Waals surface area contributed by atoms with Gasteiger partial charge in [0.1, 0.15) is 12.9 Å². The zero-order chi connectivity index (χ0) is 12.4. The molecule has 3 rings (SSSR count). The van der Waals surface area contributed by atoms with Crippen molar-refractivity contribution in [2.45, 2.75) is 38.6 Å². The molecule has 1 amide bonds. The van der Waals surface area contributed by atoms with Crippen molar-refractivity contribution in [3.63, 3.8) is 0 Å². The van der Waals surface area contributed by atoms with Crippen molar-refractivity contribution in [3.8, 4) is 0 Å². The van der Waals surface area contributed by atoms with Gasteiger partial charge in [0.2, 0.25) is 5.91 Å². The molecule has 6 nitrogen and oxygen atoms in total. The normalized spacial score (nSPS) is 27.9. The van der Waals surface area contributed by atoms with Crippen molar-refractivity contribution in [2.24, 2.45) is 11.8 Å². The maximum atomic E-state index is 12.1. The summed E-state index contributed by atoms with van der Waals surface area (Å²) in [6, 6.07) is 0. The number of amides is 1. The van der Waals surface area contributed by atoms with Crippen LogP contribution in [0.2, 0.25) is 0 Å². The second-order valence-electron chi connectivity index (χ2n) is 5.44. The van der Waals surface area contributed by atoms with E-state index in [0.717, 1.165) is 24.9 Å². The van der Waals surface area contributed by atoms with Crippen LogP contribution < -0.4 is 0 Å². The van der Waals surface area contributed by atoms with Gasteiger partial charge in [-0.15, -0.1) is 5.10 Å². The molecule has 1 aliphatic heterocycles. The zero-order valence-electron chi connectivity index (χ0n) is 10.5. The van der Waals surface area contributed by atoms with E-state index in [2.05, 4.69) is 15.5 Å². The van der Waals surface area contributed by atoms with Crippen molar-refractivity contribution in [2.75, 3.05) is 13.1 Å². The minimum Gasteiger partial charge on any atom is -0.341 e. The van der Waals surface area contributed by atoms with E-state index in [-0.39, 0.29) is 12.5 Å². The van der Waals surface area contributed by atoms with E-state index in [1.54, 1.807) is 0 Å². The van der Waals surface area contributed by atoms with Gasteiger partial charge in [-0.2, -0.15) is 0 Å². The number of nitrogens with zero attached hydrogens (tertiary/aromatic N) is 5. The molecule has 1 aliphatic carbocycles. The van der Waals surface area contributed by atoms with Gasteiger partial charge >= 0.3 is 0 Å². The Labute approximate surface area is 106 Å². The third-order valence-electron chi connectivity index (χ3n) is 4.33. The van der Waals surface area contributed by atoms with Gasteiger partial charge < -0.3 is 4.90 Å². The summed E-state index contributed by atoms with van der Waals surface area (Å²) in [7, 11) is 0. The van der Waals surface area contributed by atoms with Crippen LogP contribution in [0.15, 0.2) is 6.33 Å². The average molecular weight is 249 g/mol. The molecule has 6 heteroatoms. The van der Waals surface area contributed by atoms with Crippen LogP contribution in [0.3, 0.4) is 0 Å². The van der Waals surface area contributed by atoms with E-state index in [0.29, 0.717) is 0 Å². The van der Waals surface area contributed by atoms with Crippen molar-refractivity contribution in [3.05, 3.63) is 6.33 Å². The lowest BCUT2D eigenvalue weighted by atomic mass is 9.75. The van der Waals surface area contributed by atoms with Gasteiger partial charge in [0.05, 0.1) is 0 Å². The number of rotatable bonds is 2. The Morgan fingerprint density at radius 2 is 2.06 bits per heavy atom. The van der Waals surface area contributed by atoms with E-state index in [4.69, 9.17) is 0 Å². The van der Waals surface area contributed by atoms with E-state index in [1.165, 1.54) is 43.1 Å². The minimum atomic E-state index is 0.145. The second-order valence-corrected chi connectivity index (χ2v) is 5.44. The summed E-state index contributed by atoms with van der Waals surface area (Å²) in [5.74, 6) is 1.73. The fraction of sp³-hybridized carbons (Fsp3) is 0.833. The highest BCUT2D eigenvalue weighted by Crippen LogP contribution is 2.35. The molecule has 2 aliphatic rings. The van der Waals surface area contributed by atoms with Gasteiger partial charge in [0.25, 0.3) is 0 Å². The largest absolute Gasteiger partial charge is 0.341 e. The standard InChI is InChI=1S/C12H19N5O/c18-12(8-17-9-13-14-15-17)16-6-5-10-3-1-2-4-11(10)7-16/h9-11H,1-8H2/t10-,11+/m1/s1. The molecule has 0 radical (unpaired) electrons. The van der Waals surface area contributed by atoms with E-state index in [1.807, 2.05) is 4.90 Å². The molecule has 1 aromatic rings. The third-order valence-corrected chi connectivity index (χ3v) is 4.33. The van der Waals surface area contributed by atoms with Gasteiger partial charge in [-0.1, -0.05) is 19.3 Å². The maximum Gasteiger partial charge on any atom is 0.244 e. The number of fused-ring (bicyclic) bond motifs is 1. The topological polar surface area (TPSA) is 63.9 Å². The SMILES string of the molecule is O=C(Cn1cnnn1)N1CC[C@H]2CCCC[C@H]2C1. The fourth-order valence-corrected chi connectivity index (χ4v) is 3.32. The smallest absolute Gasteiger partial charge is 0.244 e. The monoisotopic (exact) mass is 249 g/mol. The highest BCUT2D eigenvalue weighted by Gasteiger charge is 2.32. The summed E-state index contributed by atoms with van der Waals surface area (Å²) in [6.45, 7) is 2.11. The summed E-state index contributed by atoms with van der Waals surface area (Å²) < 4.78 is 1.50. The molecule has 98 valence electrons. The Balaban J connectivity index is 1.58. The molecule has 18 heavy (non-hydrogen) atoms. The number of carbonyl (C=O) groups excluding carboxylic acids is 1. The molecule has 2 fully saturated rings. The third kappa shape index (κ3) is 2.37. The van der Waals surface area contributed by atoms with E-state index < -0.39 is 0 Å². The number of hydrogen-bond donors (Lipinski definition) is 0. The van der Waals surface area contributed by atoms with Crippen LogP contribution in [0.1, 0.15) is 32.1 Å². The summed E-state index contributed by atoms with van der Waals surface area (Å²) in [5, 5.41) is 10.8. The lowest BCUT2D eigenvalue weighted by Crippen LogP contribution is -2.45. The second kappa shape index (κ2) is 5.04. The Morgan fingerprint density at radius 1 is 1.22 bits per heavy atom. The van der Waals surface area contributed by atoms with Gasteiger partial charge in [-0.25, -0.2) is 4.68 Å². The molecule has 1 saturated carbocycles. The predicted octanol–water partition coefficient (Wildman–Crippen LogP) is 0.712. The van der Waals surface area contributed by atoms with Crippen molar-refractivity contribution < 1.29 is 4.79 Å². The highest BCUT2D eigenvalue weighted by atomic mass is 16.2. The van der Waals surface area contributed by atoms with Gasteiger partial charge in [-0.3, -0.25) is 4.79 Å². The number of piperidine rings is 1. The first-order valence-electron chi connectivity index (χ1n) is 6.81. The Kier molecular flexibility index (Phi) is 3.25. The van der Waals surface area contributed by atoms with E-state index >= 15 is 0 Å². The number of likely N-dealkylation sites (tertiary alicyclic amines) is 1. The predicted molar refractivity (Wildman–Crippen MR) is 64.5 cm³/mol. The molecular weight excluding hydrogens is 230 g/mol. The summed E-state index contributed by atoms with van der Waals surface area (Å²) >= 11 is 0. The van der Waals surface area contributed by atoms with Gasteiger partial charge in [0, 0.05) is 13.1 Å². The number of tetrazole rings is 1. The molecular formula is C12H19N5O. The molecule has 1 aromatic heterocycles. The molecule has 0 N–H and O–H groups in total. The average Bonchev–Trinajstić information content (AvgIpc) is 2.91. The maximum absolute atomic E-state index is 12.1. The van der Waals surface area contributed by atoms with Crippen LogP contribution in [0, 0.1) is 11.8 Å². The first kappa shape index (κ1) is 11.6. The Hall–Kier alpha value is -1.46. The van der Waals surface area contributed by atoms with Crippen molar-refractivity contribution in [1.82, 2.24) is 25.1 Å². The molecule has 0 aromatic carbocycles. The summed E-state index contributed by atoms with van der Waals surface area (Å²) in [4.78, 5) is 14.1. The van der Waals surface area contributed by atoms with Crippen LogP contribution in [-0.2, 0) is 11.3 Å². The van der Waals surface area contributed by atoms with Crippen molar-refractivity contribution >= 4 is 5.91 Å². The molecule has 1 saturated heterocycles. The Bertz CT molecular complexity index is 405. The fourth-order valence-electron chi connectivity index (χ4n) is 3.32. The van der Waals surface area contributed by atoms with Crippen LogP contribution in [-0.4, -0.2) is 44.1 Å². The highest BCUT2D eigenvalue weighted by molar-refractivity contribution is 5.76. The van der Waals surface area contributed by atoms with E-state index in [9.17, 15) is 4.79 Å². The van der Waals surface area contributed by atoms with Crippen LogP contribution in [0.4, 0.5) is 0 Å². The van der Waals surface area contributed by atoms with Crippen LogP contribution in [0.25, 0.3) is 0 Å². The lowest BCUT2D eigenvalue weighted by molar-refractivity contribution is -0.135. The number of hydrogen-bond acceptors (Lipinski definition) is 4. The summed E-state index contributed by atoms with van der Waals surface area (Å²) in [5.41, 5.74) is 0. The zero-order valence-corrected chi connectivity index (χ0v) is 10.5. The molecule has 0 unspecified atom stereocenters. The first-order chi connectivity index (χ1) is 8.83. The first-order valence-corrected chi connectivity index (χ1v) is 6.81. The van der Waals surface area contributed by atoms with Gasteiger partial charge in [0.15, 0.2) is 0 Å². The molecule has 2 heterocycles. The van der Waals surface area contributed by atoms with Crippen LogP contribution in [0.5, 0.6) is 0 Å². The number of carbonyl (C=O) groups is 1. The minimum absolute atomic E-state index is 0.145. The molecule has 0 bridgehead atoms. The quantitative estimate of drug-likeness (QED) is 0.774. The Morgan fingerprint density at radius 3 is 2.83 bits per heavy atom. The van der Waals surface area contributed by atoms with Gasteiger partial charge in [-0.05, 0) is 35.1 Å².